The van der Waals surface area contributed by atoms with E-state index >= 15 is 0 Å². The number of aliphatic hydroxyl groups is 1. The maximum atomic E-state index is 9.45. The lowest BCUT2D eigenvalue weighted by Crippen LogP contribution is -2.28. The fourth-order valence-corrected chi connectivity index (χ4v) is 1.53. The molecule has 0 aliphatic carbocycles. The molecule has 17 heavy (non-hydrogen) atoms. The van der Waals surface area contributed by atoms with Gasteiger partial charge in [0, 0.05) is 20.2 Å². The lowest BCUT2D eigenvalue weighted by atomic mass is 10.3. The summed E-state index contributed by atoms with van der Waals surface area (Å²) in [5.74, 6) is 0. The van der Waals surface area contributed by atoms with Gasteiger partial charge in [-0.3, -0.25) is 0 Å². The fourth-order valence-electron chi connectivity index (χ4n) is 1.53. The van der Waals surface area contributed by atoms with Crippen LogP contribution in [0.5, 0.6) is 0 Å². The molecule has 0 unspecified atom stereocenters. The number of hydrogen-bond acceptors (Lipinski definition) is 6. The number of rotatable bonds is 10. The number of ether oxygens (including phenoxy) is 4. The minimum absolute atomic E-state index is 0.100. The monoisotopic (exact) mass is 249 g/mol. The van der Waals surface area contributed by atoms with E-state index in [2.05, 4.69) is 5.32 Å². The van der Waals surface area contributed by atoms with E-state index in [0.29, 0.717) is 52.7 Å². The summed E-state index contributed by atoms with van der Waals surface area (Å²) < 4.78 is 20.8. The minimum Gasteiger partial charge on any atom is -0.389 e. The largest absolute Gasteiger partial charge is 0.389 e. The van der Waals surface area contributed by atoms with E-state index in [-0.39, 0.29) is 6.10 Å². The van der Waals surface area contributed by atoms with Crippen LogP contribution in [0.15, 0.2) is 0 Å². The molecule has 0 amide bonds. The van der Waals surface area contributed by atoms with Crippen LogP contribution >= 0.6 is 0 Å². The molecule has 1 rings (SSSR count). The summed E-state index contributed by atoms with van der Waals surface area (Å²) in [5, 5.41) is 12.5. The highest BCUT2D eigenvalue weighted by molar-refractivity contribution is 4.80. The van der Waals surface area contributed by atoms with Crippen molar-refractivity contribution in [2.45, 2.75) is 12.2 Å². The Morgan fingerprint density at radius 3 is 2.24 bits per heavy atom. The van der Waals surface area contributed by atoms with Gasteiger partial charge in [0.1, 0.15) is 0 Å². The zero-order chi connectivity index (χ0) is 12.3. The smallest absolute Gasteiger partial charge is 0.0971 e. The van der Waals surface area contributed by atoms with Crippen LogP contribution in [0.3, 0.4) is 0 Å². The van der Waals surface area contributed by atoms with Crippen LogP contribution in [0.2, 0.25) is 0 Å². The van der Waals surface area contributed by atoms with Crippen LogP contribution in [-0.4, -0.2) is 77.2 Å². The highest BCUT2D eigenvalue weighted by atomic mass is 16.6. The van der Waals surface area contributed by atoms with Crippen LogP contribution in [0.1, 0.15) is 0 Å². The van der Waals surface area contributed by atoms with Crippen LogP contribution < -0.4 is 5.32 Å². The van der Waals surface area contributed by atoms with E-state index in [4.69, 9.17) is 18.9 Å². The minimum atomic E-state index is -0.396. The molecule has 1 heterocycles. The second-order valence-electron chi connectivity index (χ2n) is 3.85. The molecular formula is C11H23NO5. The Balaban J connectivity index is 1.78. The van der Waals surface area contributed by atoms with Crippen molar-refractivity contribution in [1.82, 2.24) is 5.32 Å². The van der Waals surface area contributed by atoms with Crippen LogP contribution in [0.4, 0.5) is 0 Å². The van der Waals surface area contributed by atoms with Crippen molar-refractivity contribution in [2.75, 3.05) is 59.8 Å². The number of nitrogens with one attached hydrogen (secondary N) is 1. The molecule has 102 valence electrons. The summed E-state index contributed by atoms with van der Waals surface area (Å²) in [6.45, 7) is 4.67. The summed E-state index contributed by atoms with van der Waals surface area (Å²) in [5.41, 5.74) is 0. The number of β-amino-alcohol motifs (C(OH)–C–C–N with tert-alkyl or cyclic N) is 1. The van der Waals surface area contributed by atoms with E-state index in [0.717, 1.165) is 0 Å². The van der Waals surface area contributed by atoms with Gasteiger partial charge in [-0.2, -0.15) is 0 Å². The van der Waals surface area contributed by atoms with Crippen molar-refractivity contribution in [1.29, 1.82) is 0 Å². The van der Waals surface area contributed by atoms with Crippen LogP contribution in [-0.2, 0) is 18.9 Å². The summed E-state index contributed by atoms with van der Waals surface area (Å²) in [6.07, 6.45) is -0.496. The first-order valence-electron chi connectivity index (χ1n) is 5.99. The molecule has 1 fully saturated rings. The van der Waals surface area contributed by atoms with Crippen molar-refractivity contribution in [3.8, 4) is 0 Å². The summed E-state index contributed by atoms with van der Waals surface area (Å²) in [4.78, 5) is 0. The van der Waals surface area contributed by atoms with Gasteiger partial charge < -0.3 is 29.4 Å². The normalized spacial score (nSPS) is 24.4. The first-order valence-corrected chi connectivity index (χ1v) is 5.99. The Kier molecular flexibility index (Phi) is 8.50. The molecule has 1 saturated heterocycles. The Bertz CT molecular complexity index is 181. The van der Waals surface area contributed by atoms with Crippen LogP contribution in [0, 0.1) is 0 Å². The van der Waals surface area contributed by atoms with Gasteiger partial charge >= 0.3 is 0 Å². The van der Waals surface area contributed by atoms with Gasteiger partial charge in [-0.25, -0.2) is 0 Å². The predicted octanol–water partition coefficient (Wildman–Crippen LogP) is -0.985. The molecule has 0 aromatic rings. The number of hydrogen-bond donors (Lipinski definition) is 2. The first-order chi connectivity index (χ1) is 8.34. The van der Waals surface area contributed by atoms with E-state index in [1.165, 1.54) is 0 Å². The van der Waals surface area contributed by atoms with E-state index in [1.54, 1.807) is 7.11 Å². The maximum absolute atomic E-state index is 9.45. The third kappa shape index (κ3) is 6.92. The molecule has 2 atom stereocenters. The Morgan fingerprint density at radius 1 is 1.00 bits per heavy atom. The molecule has 1 aliphatic rings. The Morgan fingerprint density at radius 2 is 1.65 bits per heavy atom. The van der Waals surface area contributed by atoms with Crippen molar-refractivity contribution in [3.63, 3.8) is 0 Å². The van der Waals surface area contributed by atoms with Crippen molar-refractivity contribution in [2.24, 2.45) is 0 Å². The van der Waals surface area contributed by atoms with Gasteiger partial charge in [-0.1, -0.05) is 0 Å². The molecule has 1 aliphatic heterocycles. The second kappa shape index (κ2) is 9.76. The zero-order valence-electron chi connectivity index (χ0n) is 10.4. The van der Waals surface area contributed by atoms with Crippen LogP contribution in [0.25, 0.3) is 0 Å². The molecule has 0 aromatic carbocycles. The number of aliphatic hydroxyl groups excluding tert-OH is 1. The van der Waals surface area contributed by atoms with Gasteiger partial charge in [-0.05, 0) is 0 Å². The summed E-state index contributed by atoms with van der Waals surface area (Å²) in [7, 11) is 1.64. The van der Waals surface area contributed by atoms with Crippen molar-refractivity contribution >= 4 is 0 Å². The third-order valence-electron chi connectivity index (χ3n) is 2.49. The standard InChI is InChI=1S/C11H23NO5/c1-14-2-3-15-4-5-16-6-7-17-11-9-12-8-10(11)13/h10-13H,2-9H2,1H3/t10-,11-/m0/s1. The molecule has 0 aromatic heterocycles. The van der Waals surface area contributed by atoms with Gasteiger partial charge in [0.25, 0.3) is 0 Å². The second-order valence-corrected chi connectivity index (χ2v) is 3.85. The highest BCUT2D eigenvalue weighted by Gasteiger charge is 2.24. The quantitative estimate of drug-likeness (QED) is 0.485. The summed E-state index contributed by atoms with van der Waals surface area (Å²) in [6, 6.07) is 0. The third-order valence-corrected chi connectivity index (χ3v) is 2.49. The fraction of sp³-hybridized carbons (Fsp3) is 1.00. The molecule has 0 bridgehead atoms. The topological polar surface area (TPSA) is 69.2 Å². The molecule has 6 nitrogen and oxygen atoms in total. The molecular weight excluding hydrogens is 226 g/mol. The van der Waals surface area contributed by atoms with Gasteiger partial charge in [0.2, 0.25) is 0 Å². The Hall–Kier alpha value is -0.240. The predicted molar refractivity (Wildman–Crippen MR) is 62.1 cm³/mol. The average Bonchev–Trinajstić information content (AvgIpc) is 2.73. The Labute approximate surface area is 102 Å². The van der Waals surface area contributed by atoms with Crippen molar-refractivity contribution < 1.29 is 24.1 Å². The molecule has 0 spiro atoms. The van der Waals surface area contributed by atoms with E-state index < -0.39 is 6.10 Å². The van der Waals surface area contributed by atoms with Crippen molar-refractivity contribution in [3.05, 3.63) is 0 Å². The first kappa shape index (κ1) is 14.8. The maximum Gasteiger partial charge on any atom is 0.0971 e. The number of methoxy groups -OCH3 is 1. The van der Waals surface area contributed by atoms with E-state index in [1.807, 2.05) is 0 Å². The molecule has 0 radical (unpaired) electrons. The lowest BCUT2D eigenvalue weighted by molar-refractivity contribution is -0.0412. The summed E-state index contributed by atoms with van der Waals surface area (Å²) >= 11 is 0. The van der Waals surface area contributed by atoms with Gasteiger partial charge in [0.05, 0.1) is 51.8 Å². The average molecular weight is 249 g/mol. The SMILES string of the molecule is COCCOCCOCCO[C@H]1CNC[C@@H]1O. The van der Waals surface area contributed by atoms with Gasteiger partial charge in [0.15, 0.2) is 0 Å². The zero-order valence-corrected chi connectivity index (χ0v) is 10.4. The molecule has 2 N–H and O–H groups in total. The van der Waals surface area contributed by atoms with Gasteiger partial charge in [-0.15, -0.1) is 0 Å². The lowest BCUT2D eigenvalue weighted by Gasteiger charge is -2.14. The highest BCUT2D eigenvalue weighted by Crippen LogP contribution is 2.03. The molecule has 6 heteroatoms. The molecule has 0 saturated carbocycles. The van der Waals surface area contributed by atoms with E-state index in [9.17, 15) is 5.11 Å².